The van der Waals surface area contributed by atoms with Crippen molar-refractivity contribution in [2.75, 3.05) is 16.0 Å². The number of anilines is 5. The van der Waals surface area contributed by atoms with Crippen LogP contribution in [0.1, 0.15) is 5.56 Å². The molecule has 0 fully saturated rings. The highest BCUT2D eigenvalue weighted by Crippen LogP contribution is 2.20. The van der Waals surface area contributed by atoms with Crippen molar-refractivity contribution < 1.29 is 4.79 Å². The zero-order valence-electron chi connectivity index (χ0n) is 16.3. The molecule has 3 N–H and O–H groups in total. The van der Waals surface area contributed by atoms with E-state index < -0.39 is 0 Å². The molecule has 30 heavy (non-hydrogen) atoms. The summed E-state index contributed by atoms with van der Waals surface area (Å²) in [5.74, 6) is 1.84. The van der Waals surface area contributed by atoms with E-state index in [1.807, 2.05) is 43.3 Å². The van der Waals surface area contributed by atoms with Gasteiger partial charge in [0.25, 0.3) is 0 Å². The summed E-state index contributed by atoms with van der Waals surface area (Å²) in [6.07, 6.45) is 6.60. The summed E-state index contributed by atoms with van der Waals surface area (Å²) in [5, 5.41) is 13.2. The van der Waals surface area contributed by atoms with Gasteiger partial charge in [-0.1, -0.05) is 0 Å². The number of benzene rings is 1. The molecule has 0 saturated carbocycles. The van der Waals surface area contributed by atoms with Gasteiger partial charge < -0.3 is 16.0 Å². The first-order valence-electron chi connectivity index (χ1n) is 9.30. The van der Waals surface area contributed by atoms with Crippen molar-refractivity contribution >= 4 is 34.7 Å². The summed E-state index contributed by atoms with van der Waals surface area (Å²) >= 11 is 0. The number of nitrogens with zero attached hydrogens (tertiary/aromatic N) is 5. The van der Waals surface area contributed by atoms with Crippen molar-refractivity contribution in [2.24, 2.45) is 0 Å². The van der Waals surface area contributed by atoms with Gasteiger partial charge >= 0.3 is 0 Å². The van der Waals surface area contributed by atoms with Crippen molar-refractivity contribution in [3.63, 3.8) is 0 Å². The van der Waals surface area contributed by atoms with Crippen LogP contribution in [0, 0.1) is 6.92 Å². The Morgan fingerprint density at radius 2 is 1.63 bits per heavy atom. The van der Waals surface area contributed by atoms with Crippen LogP contribution in [0.25, 0.3) is 0 Å². The summed E-state index contributed by atoms with van der Waals surface area (Å²) in [6, 6.07) is 14.8. The highest BCUT2D eigenvalue weighted by Gasteiger charge is 2.05. The van der Waals surface area contributed by atoms with Crippen LogP contribution in [0.15, 0.2) is 73.4 Å². The van der Waals surface area contributed by atoms with Crippen LogP contribution in [-0.4, -0.2) is 30.6 Å². The number of aromatic nitrogens is 5. The Morgan fingerprint density at radius 1 is 0.900 bits per heavy atom. The second-order valence-electron chi connectivity index (χ2n) is 6.59. The second-order valence-corrected chi connectivity index (χ2v) is 6.59. The number of rotatable bonds is 7. The number of carbonyl (C=O) groups excluding carboxylic acids is 1. The summed E-state index contributed by atoms with van der Waals surface area (Å²) in [5.41, 5.74) is 2.64. The lowest BCUT2D eigenvalue weighted by atomic mass is 10.2. The SMILES string of the molecule is Cc1ccnc(Nc2cc(Nc3ccc(NC(=O)Cn4cccn4)cc3)ncn2)c1. The molecule has 0 aliphatic carbocycles. The van der Waals surface area contributed by atoms with E-state index in [0.717, 1.165) is 17.1 Å². The van der Waals surface area contributed by atoms with Crippen LogP contribution in [-0.2, 0) is 11.3 Å². The lowest BCUT2D eigenvalue weighted by molar-refractivity contribution is -0.116. The molecule has 0 aliphatic heterocycles. The molecule has 1 aromatic carbocycles. The van der Waals surface area contributed by atoms with E-state index in [1.54, 1.807) is 35.4 Å². The number of hydrogen-bond acceptors (Lipinski definition) is 7. The molecule has 0 radical (unpaired) electrons. The Bertz CT molecular complexity index is 1130. The van der Waals surface area contributed by atoms with Gasteiger partial charge in [-0.3, -0.25) is 9.48 Å². The molecule has 0 aliphatic rings. The molecule has 3 heterocycles. The van der Waals surface area contributed by atoms with Gasteiger partial charge in [-0.05, 0) is 55.0 Å². The molecular formula is C21H20N8O. The van der Waals surface area contributed by atoms with E-state index in [0.29, 0.717) is 17.3 Å². The predicted octanol–water partition coefficient (Wildman–Crippen LogP) is 3.50. The Kier molecular flexibility index (Phi) is 5.61. The molecule has 0 saturated heterocycles. The maximum atomic E-state index is 12.0. The van der Waals surface area contributed by atoms with Crippen LogP contribution in [0.4, 0.5) is 28.8 Å². The van der Waals surface area contributed by atoms with Crippen LogP contribution in [0.3, 0.4) is 0 Å². The van der Waals surface area contributed by atoms with Crippen LogP contribution < -0.4 is 16.0 Å². The molecule has 4 aromatic rings. The van der Waals surface area contributed by atoms with E-state index in [4.69, 9.17) is 0 Å². The highest BCUT2D eigenvalue weighted by molar-refractivity contribution is 5.90. The van der Waals surface area contributed by atoms with Crippen LogP contribution >= 0.6 is 0 Å². The minimum atomic E-state index is -0.143. The van der Waals surface area contributed by atoms with Gasteiger partial charge in [0.05, 0.1) is 0 Å². The molecule has 0 unspecified atom stereocenters. The summed E-state index contributed by atoms with van der Waals surface area (Å²) in [4.78, 5) is 24.8. The second kappa shape index (κ2) is 8.82. The first-order valence-corrected chi connectivity index (χ1v) is 9.30. The number of nitrogens with one attached hydrogen (secondary N) is 3. The lowest BCUT2D eigenvalue weighted by Crippen LogP contribution is -2.18. The number of carbonyl (C=O) groups is 1. The van der Waals surface area contributed by atoms with Crippen molar-refractivity contribution in [3.8, 4) is 0 Å². The molecule has 0 atom stereocenters. The van der Waals surface area contributed by atoms with Gasteiger partial charge in [0, 0.05) is 36.0 Å². The lowest BCUT2D eigenvalue weighted by Gasteiger charge is -2.10. The molecule has 9 heteroatoms. The molecular weight excluding hydrogens is 380 g/mol. The summed E-state index contributed by atoms with van der Waals surface area (Å²) in [6.45, 7) is 2.17. The Balaban J connectivity index is 1.36. The first-order chi connectivity index (χ1) is 14.6. The van der Waals surface area contributed by atoms with Crippen LogP contribution in [0.5, 0.6) is 0 Å². The molecule has 0 spiro atoms. The van der Waals surface area contributed by atoms with Crippen molar-refractivity contribution in [3.05, 3.63) is 79.0 Å². The Morgan fingerprint density at radius 3 is 2.37 bits per heavy atom. The Hall–Kier alpha value is -4.27. The molecule has 1 amide bonds. The van der Waals surface area contributed by atoms with E-state index in [9.17, 15) is 4.79 Å². The molecule has 3 aromatic heterocycles. The summed E-state index contributed by atoms with van der Waals surface area (Å²) < 4.78 is 1.57. The fraction of sp³-hybridized carbons (Fsp3) is 0.0952. The fourth-order valence-electron chi connectivity index (χ4n) is 2.76. The topological polar surface area (TPSA) is 110 Å². The average Bonchev–Trinajstić information content (AvgIpc) is 3.23. The van der Waals surface area contributed by atoms with Gasteiger partial charge in [-0.2, -0.15) is 5.10 Å². The molecule has 4 rings (SSSR count). The van der Waals surface area contributed by atoms with E-state index >= 15 is 0 Å². The predicted molar refractivity (Wildman–Crippen MR) is 115 cm³/mol. The number of amides is 1. The fourth-order valence-corrected chi connectivity index (χ4v) is 2.76. The minimum Gasteiger partial charge on any atom is -0.340 e. The molecule has 0 bridgehead atoms. The van der Waals surface area contributed by atoms with Gasteiger partial charge in [0.15, 0.2) is 0 Å². The maximum absolute atomic E-state index is 12.0. The third-order valence-electron chi connectivity index (χ3n) is 4.14. The maximum Gasteiger partial charge on any atom is 0.246 e. The number of pyridine rings is 1. The zero-order valence-corrected chi connectivity index (χ0v) is 16.3. The van der Waals surface area contributed by atoms with Gasteiger partial charge in [-0.15, -0.1) is 0 Å². The minimum absolute atomic E-state index is 0.143. The third kappa shape index (κ3) is 5.16. The van der Waals surface area contributed by atoms with E-state index in [-0.39, 0.29) is 12.5 Å². The van der Waals surface area contributed by atoms with Gasteiger partial charge in [-0.25, -0.2) is 15.0 Å². The van der Waals surface area contributed by atoms with Crippen molar-refractivity contribution in [2.45, 2.75) is 13.5 Å². The highest BCUT2D eigenvalue weighted by atomic mass is 16.2. The molecule has 150 valence electrons. The quantitative estimate of drug-likeness (QED) is 0.435. The van der Waals surface area contributed by atoms with Gasteiger partial charge in [0.2, 0.25) is 5.91 Å². The smallest absolute Gasteiger partial charge is 0.246 e. The number of aryl methyl sites for hydroxylation is 1. The van der Waals surface area contributed by atoms with Crippen molar-refractivity contribution in [1.82, 2.24) is 24.7 Å². The third-order valence-corrected chi connectivity index (χ3v) is 4.14. The number of hydrogen-bond donors (Lipinski definition) is 3. The summed E-state index contributed by atoms with van der Waals surface area (Å²) in [7, 11) is 0. The van der Waals surface area contributed by atoms with Crippen molar-refractivity contribution in [1.29, 1.82) is 0 Å². The van der Waals surface area contributed by atoms with E-state index in [2.05, 4.69) is 36.0 Å². The first kappa shape index (κ1) is 19.1. The zero-order chi connectivity index (χ0) is 20.8. The largest absolute Gasteiger partial charge is 0.340 e. The Labute approximate surface area is 173 Å². The van der Waals surface area contributed by atoms with Gasteiger partial charge in [0.1, 0.15) is 30.3 Å². The van der Waals surface area contributed by atoms with Crippen LogP contribution in [0.2, 0.25) is 0 Å². The average molecular weight is 400 g/mol. The van der Waals surface area contributed by atoms with E-state index in [1.165, 1.54) is 6.33 Å². The normalized spacial score (nSPS) is 10.4. The standard InChI is InChI=1S/C21H20N8O/c1-15-7-9-22-18(11-15)28-20-12-19(23-14-24-20)26-16-3-5-17(6-4-16)27-21(30)13-29-10-2-8-25-29/h2-12,14H,13H2,1H3,(H,27,30)(H2,22,23,24,26,28). The molecule has 9 nitrogen and oxygen atoms in total. The monoisotopic (exact) mass is 400 g/mol.